The Kier molecular flexibility index (Phi) is 5.94. The van der Waals surface area contributed by atoms with Gasteiger partial charge in [-0.2, -0.15) is 5.10 Å². The van der Waals surface area contributed by atoms with Crippen molar-refractivity contribution in [3.05, 3.63) is 34.3 Å². The lowest BCUT2D eigenvalue weighted by Gasteiger charge is -2.32. The number of rotatable bonds is 6. The van der Waals surface area contributed by atoms with Crippen LogP contribution in [0.5, 0.6) is 0 Å². The SMILES string of the molecule is CCc1nnc(CN2CCC[C@H](n3ncc(N(C)C(C)C)cc3=O)C2)n1C. The standard InChI is InChI=1S/C19H31N7O/c1-6-17-21-22-18(24(17)5)13-25-9-7-8-15(12-25)26-19(27)10-16(11-20-26)23(4)14(2)3/h10-11,14-15H,6-9,12-13H2,1-5H3/t15-/m0/s1. The summed E-state index contributed by atoms with van der Waals surface area (Å²) in [6, 6.07) is 2.12. The summed E-state index contributed by atoms with van der Waals surface area (Å²) < 4.78 is 3.72. The highest BCUT2D eigenvalue weighted by molar-refractivity contribution is 5.42. The molecule has 2 aromatic rings. The lowest BCUT2D eigenvalue weighted by Crippen LogP contribution is -2.41. The van der Waals surface area contributed by atoms with E-state index in [1.54, 1.807) is 16.9 Å². The van der Waals surface area contributed by atoms with Gasteiger partial charge in [0.05, 0.1) is 24.5 Å². The maximum atomic E-state index is 12.7. The van der Waals surface area contributed by atoms with E-state index in [0.29, 0.717) is 6.04 Å². The molecule has 148 valence electrons. The summed E-state index contributed by atoms with van der Waals surface area (Å²) >= 11 is 0. The van der Waals surface area contributed by atoms with Crippen molar-refractivity contribution in [2.24, 2.45) is 7.05 Å². The molecule has 0 N–H and O–H groups in total. The maximum absolute atomic E-state index is 12.7. The van der Waals surface area contributed by atoms with Crippen LogP contribution in [0.25, 0.3) is 0 Å². The summed E-state index contributed by atoms with van der Waals surface area (Å²) in [5.41, 5.74) is 0.837. The predicted molar refractivity (Wildman–Crippen MR) is 106 cm³/mol. The fourth-order valence-corrected chi connectivity index (χ4v) is 3.59. The van der Waals surface area contributed by atoms with Crippen LogP contribution in [0.15, 0.2) is 17.1 Å². The molecule has 3 heterocycles. The second kappa shape index (κ2) is 8.21. The van der Waals surface area contributed by atoms with Crippen molar-refractivity contribution in [3.63, 3.8) is 0 Å². The monoisotopic (exact) mass is 373 g/mol. The van der Waals surface area contributed by atoms with Crippen LogP contribution >= 0.6 is 0 Å². The lowest BCUT2D eigenvalue weighted by molar-refractivity contribution is 0.155. The van der Waals surface area contributed by atoms with Crippen LogP contribution in [-0.4, -0.2) is 55.6 Å². The summed E-state index contributed by atoms with van der Waals surface area (Å²) in [5.74, 6) is 1.98. The zero-order valence-electron chi connectivity index (χ0n) is 17.1. The zero-order valence-corrected chi connectivity index (χ0v) is 17.1. The second-order valence-electron chi connectivity index (χ2n) is 7.68. The normalized spacial score (nSPS) is 18.2. The van der Waals surface area contributed by atoms with Gasteiger partial charge in [0.15, 0.2) is 0 Å². The Morgan fingerprint density at radius 3 is 2.67 bits per heavy atom. The number of anilines is 1. The van der Waals surface area contributed by atoms with Crippen molar-refractivity contribution in [1.82, 2.24) is 29.4 Å². The minimum atomic E-state index is -0.0289. The van der Waals surface area contributed by atoms with Gasteiger partial charge in [0, 0.05) is 39.2 Å². The van der Waals surface area contributed by atoms with Gasteiger partial charge in [-0.15, -0.1) is 10.2 Å². The van der Waals surface area contributed by atoms with Gasteiger partial charge in [0.1, 0.15) is 11.6 Å². The molecule has 1 saturated heterocycles. The first-order chi connectivity index (χ1) is 12.9. The molecular formula is C19H31N7O. The highest BCUT2D eigenvalue weighted by Gasteiger charge is 2.24. The molecule has 0 aliphatic carbocycles. The van der Waals surface area contributed by atoms with E-state index >= 15 is 0 Å². The zero-order chi connectivity index (χ0) is 19.6. The fourth-order valence-electron chi connectivity index (χ4n) is 3.59. The molecule has 8 heteroatoms. The third-order valence-corrected chi connectivity index (χ3v) is 5.56. The highest BCUT2D eigenvalue weighted by Crippen LogP contribution is 2.21. The number of hydrogen-bond acceptors (Lipinski definition) is 6. The Morgan fingerprint density at radius 2 is 2.04 bits per heavy atom. The molecule has 1 fully saturated rings. The van der Waals surface area contributed by atoms with E-state index in [9.17, 15) is 4.79 Å². The Hall–Kier alpha value is -2.22. The molecule has 8 nitrogen and oxygen atoms in total. The Balaban J connectivity index is 1.72. The molecule has 0 radical (unpaired) electrons. The van der Waals surface area contributed by atoms with E-state index in [1.807, 2.05) is 14.1 Å². The van der Waals surface area contributed by atoms with Gasteiger partial charge in [0.25, 0.3) is 5.56 Å². The third kappa shape index (κ3) is 4.21. The van der Waals surface area contributed by atoms with Gasteiger partial charge < -0.3 is 9.47 Å². The first-order valence-corrected chi connectivity index (χ1v) is 9.81. The van der Waals surface area contributed by atoms with E-state index in [-0.39, 0.29) is 11.6 Å². The van der Waals surface area contributed by atoms with Crippen LogP contribution in [-0.2, 0) is 20.0 Å². The summed E-state index contributed by atoms with van der Waals surface area (Å²) in [6.07, 6.45) is 4.70. The Bertz CT molecular complexity index is 826. The van der Waals surface area contributed by atoms with Gasteiger partial charge in [-0.1, -0.05) is 6.92 Å². The molecule has 1 atom stereocenters. The Morgan fingerprint density at radius 1 is 1.30 bits per heavy atom. The molecule has 27 heavy (non-hydrogen) atoms. The molecule has 2 aromatic heterocycles. The second-order valence-corrected chi connectivity index (χ2v) is 7.68. The molecular weight excluding hydrogens is 342 g/mol. The van der Waals surface area contributed by atoms with Crippen LogP contribution in [0.4, 0.5) is 5.69 Å². The van der Waals surface area contributed by atoms with Gasteiger partial charge in [-0.05, 0) is 33.2 Å². The van der Waals surface area contributed by atoms with Gasteiger partial charge in [-0.25, -0.2) is 4.68 Å². The number of hydrogen-bond donors (Lipinski definition) is 0. The van der Waals surface area contributed by atoms with Crippen molar-refractivity contribution in [2.75, 3.05) is 25.0 Å². The number of likely N-dealkylation sites (tertiary alicyclic amines) is 1. The number of aromatic nitrogens is 5. The van der Waals surface area contributed by atoms with E-state index in [4.69, 9.17) is 0 Å². The smallest absolute Gasteiger partial charge is 0.269 e. The van der Waals surface area contributed by atoms with Crippen molar-refractivity contribution in [2.45, 2.75) is 58.7 Å². The number of nitrogens with zero attached hydrogens (tertiary/aromatic N) is 7. The first kappa shape index (κ1) is 19.5. The van der Waals surface area contributed by atoms with E-state index in [1.165, 1.54) is 0 Å². The first-order valence-electron chi connectivity index (χ1n) is 9.81. The third-order valence-electron chi connectivity index (χ3n) is 5.56. The molecule has 0 saturated carbocycles. The molecule has 0 amide bonds. The van der Waals surface area contributed by atoms with E-state index in [2.05, 4.69) is 50.4 Å². The minimum absolute atomic E-state index is 0.0289. The fraction of sp³-hybridized carbons (Fsp3) is 0.684. The van der Waals surface area contributed by atoms with Crippen molar-refractivity contribution in [3.8, 4) is 0 Å². The summed E-state index contributed by atoms with van der Waals surface area (Å²) in [6.45, 7) is 8.85. The van der Waals surface area contributed by atoms with Crippen LogP contribution in [0.3, 0.4) is 0 Å². The molecule has 0 spiro atoms. The summed E-state index contributed by atoms with van der Waals surface area (Å²) in [7, 11) is 4.00. The summed E-state index contributed by atoms with van der Waals surface area (Å²) in [4.78, 5) is 17.1. The predicted octanol–water partition coefficient (Wildman–Crippen LogP) is 1.62. The molecule has 1 aliphatic rings. The van der Waals surface area contributed by atoms with Crippen LogP contribution in [0.2, 0.25) is 0 Å². The van der Waals surface area contributed by atoms with Crippen LogP contribution < -0.4 is 10.5 Å². The summed E-state index contributed by atoms with van der Waals surface area (Å²) in [5, 5.41) is 13.1. The van der Waals surface area contributed by atoms with Gasteiger partial charge in [0.2, 0.25) is 0 Å². The number of piperidine rings is 1. The Labute approximate surface area is 160 Å². The average Bonchev–Trinajstić information content (AvgIpc) is 3.00. The average molecular weight is 374 g/mol. The topological polar surface area (TPSA) is 72.1 Å². The molecule has 1 aliphatic heterocycles. The van der Waals surface area contributed by atoms with E-state index < -0.39 is 0 Å². The van der Waals surface area contributed by atoms with E-state index in [0.717, 1.165) is 56.2 Å². The lowest BCUT2D eigenvalue weighted by atomic mass is 10.1. The van der Waals surface area contributed by atoms with Crippen molar-refractivity contribution in [1.29, 1.82) is 0 Å². The van der Waals surface area contributed by atoms with Gasteiger partial charge >= 0.3 is 0 Å². The minimum Gasteiger partial charge on any atom is -0.371 e. The van der Waals surface area contributed by atoms with Crippen molar-refractivity contribution >= 4 is 5.69 Å². The molecule has 0 unspecified atom stereocenters. The molecule has 0 bridgehead atoms. The van der Waals surface area contributed by atoms with Gasteiger partial charge in [-0.3, -0.25) is 9.69 Å². The van der Waals surface area contributed by atoms with Crippen molar-refractivity contribution < 1.29 is 0 Å². The molecule has 3 rings (SSSR count). The maximum Gasteiger partial charge on any atom is 0.269 e. The van der Waals surface area contributed by atoms with Crippen LogP contribution in [0.1, 0.15) is 51.3 Å². The van der Waals surface area contributed by atoms with Crippen LogP contribution in [0, 0.1) is 0 Å². The molecule has 0 aromatic carbocycles. The number of aryl methyl sites for hydroxylation is 1. The highest BCUT2D eigenvalue weighted by atomic mass is 16.1. The quantitative estimate of drug-likeness (QED) is 0.766. The largest absolute Gasteiger partial charge is 0.371 e.